The van der Waals surface area contributed by atoms with Gasteiger partial charge in [-0.2, -0.15) is 0 Å². The van der Waals surface area contributed by atoms with Gasteiger partial charge in [0, 0.05) is 5.56 Å². The van der Waals surface area contributed by atoms with E-state index in [1.165, 1.54) is 0 Å². The number of carboxylic acids is 1. The predicted molar refractivity (Wildman–Crippen MR) is 96.1 cm³/mol. The molecule has 0 aliphatic rings. The van der Waals surface area contributed by atoms with Gasteiger partial charge < -0.3 is 14.3 Å². The van der Waals surface area contributed by atoms with E-state index < -0.39 is 5.97 Å². The number of methoxy groups -OCH3 is 1. The largest absolute Gasteiger partial charge is 0.494 e. The lowest BCUT2D eigenvalue weighted by atomic mass is 10.0. The molecule has 3 aromatic rings. The molecule has 0 aliphatic carbocycles. The van der Waals surface area contributed by atoms with Crippen LogP contribution in [0.4, 0.5) is 5.69 Å². The van der Waals surface area contributed by atoms with Crippen LogP contribution < -0.4 is 4.74 Å². The molecule has 0 radical (unpaired) electrons. The van der Waals surface area contributed by atoms with Crippen molar-refractivity contribution in [3.05, 3.63) is 71.5 Å². The molecule has 3 rings (SSSR count). The summed E-state index contributed by atoms with van der Waals surface area (Å²) in [5.41, 5.74) is 2.38. The van der Waals surface area contributed by atoms with Gasteiger partial charge in [-0.25, -0.2) is 9.79 Å². The number of furan rings is 1. The third-order valence-electron chi connectivity index (χ3n) is 3.80. The Kier molecular flexibility index (Phi) is 4.66. The number of benzene rings is 2. The molecule has 25 heavy (non-hydrogen) atoms. The topological polar surface area (TPSA) is 72.0 Å². The summed E-state index contributed by atoms with van der Waals surface area (Å²) in [6, 6.07) is 16.2. The molecule has 0 fully saturated rings. The molecule has 0 saturated carbocycles. The summed E-state index contributed by atoms with van der Waals surface area (Å²) in [4.78, 5) is 15.6. The van der Waals surface area contributed by atoms with Gasteiger partial charge in [-0.05, 0) is 42.8 Å². The minimum atomic E-state index is -0.955. The Morgan fingerprint density at radius 2 is 1.96 bits per heavy atom. The highest BCUT2D eigenvalue weighted by atomic mass is 16.5. The van der Waals surface area contributed by atoms with Gasteiger partial charge >= 0.3 is 5.97 Å². The zero-order chi connectivity index (χ0) is 17.8. The smallest absolute Gasteiger partial charge is 0.335 e. The van der Waals surface area contributed by atoms with Crippen LogP contribution in [0.25, 0.3) is 11.3 Å². The molecule has 0 saturated heterocycles. The normalized spacial score (nSPS) is 11.0. The second-order valence-corrected chi connectivity index (χ2v) is 5.47. The quantitative estimate of drug-likeness (QED) is 0.685. The van der Waals surface area contributed by atoms with Gasteiger partial charge in [0.05, 0.1) is 18.9 Å². The summed E-state index contributed by atoms with van der Waals surface area (Å²) >= 11 is 0. The van der Waals surface area contributed by atoms with E-state index >= 15 is 0 Å². The summed E-state index contributed by atoms with van der Waals surface area (Å²) in [5.74, 6) is 0.876. The molecule has 0 unspecified atom stereocenters. The van der Waals surface area contributed by atoms with E-state index in [1.807, 2.05) is 30.3 Å². The van der Waals surface area contributed by atoms with E-state index in [4.69, 9.17) is 9.15 Å². The van der Waals surface area contributed by atoms with Gasteiger partial charge in [-0.3, -0.25) is 0 Å². The Bertz CT molecular complexity index is 940. The Balaban J connectivity index is 1.87. The number of aliphatic imine (C=N–C) groups is 1. The Labute approximate surface area is 145 Å². The highest BCUT2D eigenvalue weighted by Crippen LogP contribution is 2.27. The highest BCUT2D eigenvalue weighted by Gasteiger charge is 2.11. The fraction of sp³-hybridized carbons (Fsp3) is 0.100. The lowest BCUT2D eigenvalue weighted by Crippen LogP contribution is -1.99. The van der Waals surface area contributed by atoms with Crippen molar-refractivity contribution in [2.75, 3.05) is 7.11 Å². The molecule has 1 N–H and O–H groups in total. The lowest BCUT2D eigenvalue weighted by molar-refractivity contribution is 0.0696. The van der Waals surface area contributed by atoms with E-state index in [9.17, 15) is 9.90 Å². The molecule has 0 atom stereocenters. The SMILES string of the molecule is COc1ccccc1N=Cc1ccc(-c2ccc(C)c(C(=O)O)c2)o1. The number of aryl methyl sites for hydroxylation is 1. The van der Waals surface area contributed by atoms with Crippen LogP contribution >= 0.6 is 0 Å². The van der Waals surface area contributed by atoms with Crippen molar-refractivity contribution in [1.29, 1.82) is 0 Å². The first-order valence-corrected chi connectivity index (χ1v) is 7.69. The minimum Gasteiger partial charge on any atom is -0.494 e. The van der Waals surface area contributed by atoms with Crippen molar-refractivity contribution in [2.45, 2.75) is 6.92 Å². The lowest BCUT2D eigenvalue weighted by Gasteiger charge is -2.03. The van der Waals surface area contributed by atoms with Crippen LogP contribution in [0.3, 0.4) is 0 Å². The molecule has 1 aromatic heterocycles. The summed E-state index contributed by atoms with van der Waals surface area (Å²) in [5, 5.41) is 9.24. The van der Waals surface area contributed by atoms with Gasteiger partial charge in [0.15, 0.2) is 0 Å². The van der Waals surface area contributed by atoms with E-state index in [-0.39, 0.29) is 5.56 Å². The fourth-order valence-corrected chi connectivity index (χ4v) is 2.45. The number of aromatic carboxylic acids is 1. The van der Waals surface area contributed by atoms with Gasteiger partial charge in [0.1, 0.15) is 23.0 Å². The van der Waals surface area contributed by atoms with Gasteiger partial charge in [-0.15, -0.1) is 0 Å². The number of carbonyl (C=O) groups is 1. The predicted octanol–water partition coefficient (Wildman–Crippen LogP) is 4.71. The zero-order valence-electron chi connectivity index (χ0n) is 13.9. The van der Waals surface area contributed by atoms with Gasteiger partial charge in [0.2, 0.25) is 0 Å². The van der Waals surface area contributed by atoms with Crippen LogP contribution in [0.5, 0.6) is 5.75 Å². The molecule has 0 amide bonds. The number of para-hydroxylation sites is 2. The third-order valence-corrected chi connectivity index (χ3v) is 3.80. The average Bonchev–Trinajstić information content (AvgIpc) is 3.09. The van der Waals surface area contributed by atoms with E-state index in [1.54, 1.807) is 44.5 Å². The number of nitrogens with zero attached hydrogens (tertiary/aromatic N) is 1. The van der Waals surface area contributed by atoms with Gasteiger partial charge in [-0.1, -0.05) is 24.3 Å². The summed E-state index contributed by atoms with van der Waals surface area (Å²) in [6.07, 6.45) is 1.60. The Hall–Kier alpha value is -3.34. The van der Waals surface area contributed by atoms with Crippen LogP contribution in [-0.2, 0) is 0 Å². The molecule has 1 heterocycles. The maximum Gasteiger partial charge on any atom is 0.335 e. The van der Waals surface area contributed by atoms with Crippen LogP contribution in [-0.4, -0.2) is 24.4 Å². The first-order valence-electron chi connectivity index (χ1n) is 7.69. The molecule has 5 heteroatoms. The van der Waals surface area contributed by atoms with E-state index in [0.29, 0.717) is 34.1 Å². The van der Waals surface area contributed by atoms with Crippen LogP contribution in [0, 0.1) is 6.92 Å². The van der Waals surface area contributed by atoms with E-state index in [2.05, 4.69) is 4.99 Å². The second kappa shape index (κ2) is 7.05. The zero-order valence-corrected chi connectivity index (χ0v) is 13.9. The Morgan fingerprint density at radius 1 is 1.16 bits per heavy atom. The molecule has 2 aromatic carbocycles. The first kappa shape index (κ1) is 16.5. The highest BCUT2D eigenvalue weighted by molar-refractivity contribution is 5.91. The minimum absolute atomic E-state index is 0.262. The van der Waals surface area contributed by atoms with Crippen LogP contribution in [0.1, 0.15) is 21.7 Å². The van der Waals surface area contributed by atoms with Crippen molar-refractivity contribution in [3.63, 3.8) is 0 Å². The summed E-state index contributed by atoms with van der Waals surface area (Å²) in [6.45, 7) is 1.76. The summed E-state index contributed by atoms with van der Waals surface area (Å²) < 4.78 is 11.0. The average molecular weight is 335 g/mol. The monoisotopic (exact) mass is 335 g/mol. The van der Waals surface area contributed by atoms with Crippen LogP contribution in [0.2, 0.25) is 0 Å². The molecule has 5 nitrogen and oxygen atoms in total. The number of ether oxygens (including phenoxy) is 1. The molecule has 126 valence electrons. The molecular formula is C20H17NO4. The molecular weight excluding hydrogens is 318 g/mol. The van der Waals surface area contributed by atoms with Crippen molar-refractivity contribution in [2.24, 2.45) is 4.99 Å². The number of hydrogen-bond donors (Lipinski definition) is 1. The Morgan fingerprint density at radius 3 is 2.72 bits per heavy atom. The van der Waals surface area contributed by atoms with Crippen molar-refractivity contribution in [1.82, 2.24) is 0 Å². The van der Waals surface area contributed by atoms with Crippen molar-refractivity contribution < 1.29 is 19.1 Å². The maximum absolute atomic E-state index is 11.3. The first-order chi connectivity index (χ1) is 12.1. The van der Waals surface area contributed by atoms with Gasteiger partial charge in [0.25, 0.3) is 0 Å². The molecule has 0 aliphatic heterocycles. The molecule has 0 spiro atoms. The maximum atomic E-state index is 11.3. The summed E-state index contributed by atoms with van der Waals surface area (Å²) in [7, 11) is 1.59. The van der Waals surface area contributed by atoms with Crippen molar-refractivity contribution >= 4 is 17.9 Å². The van der Waals surface area contributed by atoms with Crippen LogP contribution in [0.15, 0.2) is 64.0 Å². The molecule has 0 bridgehead atoms. The fourth-order valence-electron chi connectivity index (χ4n) is 2.45. The number of hydrogen-bond acceptors (Lipinski definition) is 4. The van der Waals surface area contributed by atoms with E-state index in [0.717, 1.165) is 0 Å². The van der Waals surface area contributed by atoms with Crippen molar-refractivity contribution in [3.8, 4) is 17.1 Å². The second-order valence-electron chi connectivity index (χ2n) is 5.47. The number of carboxylic acid groups (broad SMARTS) is 1. The number of rotatable bonds is 5. The standard InChI is InChI=1S/C20H17NO4/c1-13-7-8-14(11-16(13)20(22)23)18-10-9-15(25-18)12-21-17-5-3-4-6-19(17)24-2/h3-12H,1-2H3,(H,22,23). The third kappa shape index (κ3) is 3.61.